The number of aryl methyl sites for hydroxylation is 1. The molecule has 0 amide bonds. The summed E-state index contributed by atoms with van der Waals surface area (Å²) in [5.74, 6) is 0.264. The minimum absolute atomic E-state index is 0.0683. The number of hydrogen-bond donors (Lipinski definition) is 2. The van der Waals surface area contributed by atoms with Crippen LogP contribution in [-0.2, 0) is 29.4 Å². The monoisotopic (exact) mass is 294 g/mol. The quantitative estimate of drug-likeness (QED) is 0.836. The molecule has 0 radical (unpaired) electrons. The van der Waals surface area contributed by atoms with Crippen LogP contribution in [0.2, 0.25) is 0 Å². The van der Waals surface area contributed by atoms with Crippen LogP contribution < -0.4 is 10.0 Å². The topological polar surface area (TPSA) is 76.0 Å². The molecule has 108 valence electrons. The van der Waals surface area contributed by atoms with Gasteiger partial charge in [-0.1, -0.05) is 24.3 Å². The highest BCUT2D eigenvalue weighted by Gasteiger charge is 2.13. The van der Waals surface area contributed by atoms with Gasteiger partial charge in [0.2, 0.25) is 10.0 Å². The molecule has 0 aliphatic rings. The highest BCUT2D eigenvalue weighted by molar-refractivity contribution is 7.91. The summed E-state index contributed by atoms with van der Waals surface area (Å²) < 4.78 is 28.2. The molecule has 2 N–H and O–H groups in total. The van der Waals surface area contributed by atoms with Gasteiger partial charge < -0.3 is 5.32 Å². The molecule has 1 heterocycles. The standard InChI is InChI=1S/C13H18N4O2S/c1-14-9-11-4-3-5-12(8-11)10-20(18,19)16-13-6-7-17(2)15-13/h3-8,14H,9-10H2,1-2H3,(H,15,16). The maximum Gasteiger partial charge on any atom is 0.238 e. The largest absolute Gasteiger partial charge is 0.316 e. The summed E-state index contributed by atoms with van der Waals surface area (Å²) in [5.41, 5.74) is 1.80. The summed E-state index contributed by atoms with van der Waals surface area (Å²) in [6.07, 6.45) is 1.69. The Bertz CT molecular complexity index is 679. The molecule has 0 saturated heterocycles. The molecule has 1 aromatic carbocycles. The van der Waals surface area contributed by atoms with Gasteiger partial charge in [-0.05, 0) is 18.2 Å². The lowest BCUT2D eigenvalue weighted by atomic mass is 10.1. The van der Waals surface area contributed by atoms with Gasteiger partial charge in [-0.3, -0.25) is 9.40 Å². The molecular formula is C13H18N4O2S. The van der Waals surface area contributed by atoms with Crippen LogP contribution in [0.5, 0.6) is 0 Å². The van der Waals surface area contributed by atoms with Gasteiger partial charge in [-0.25, -0.2) is 8.42 Å². The Morgan fingerprint density at radius 3 is 2.65 bits per heavy atom. The maximum atomic E-state index is 12.1. The number of hydrogen-bond acceptors (Lipinski definition) is 4. The van der Waals surface area contributed by atoms with Crippen molar-refractivity contribution in [1.82, 2.24) is 15.1 Å². The highest BCUT2D eigenvalue weighted by atomic mass is 32.2. The molecule has 0 aliphatic heterocycles. The molecule has 0 saturated carbocycles. The lowest BCUT2D eigenvalue weighted by Crippen LogP contribution is -2.16. The van der Waals surface area contributed by atoms with E-state index < -0.39 is 10.0 Å². The Morgan fingerprint density at radius 2 is 2.00 bits per heavy atom. The van der Waals surface area contributed by atoms with Crippen LogP contribution in [0.15, 0.2) is 36.5 Å². The van der Waals surface area contributed by atoms with Gasteiger partial charge in [-0.15, -0.1) is 0 Å². The Hall–Kier alpha value is -1.86. The van der Waals surface area contributed by atoms with Crippen molar-refractivity contribution in [2.24, 2.45) is 7.05 Å². The summed E-state index contributed by atoms with van der Waals surface area (Å²) in [5, 5.41) is 7.04. The van der Waals surface area contributed by atoms with E-state index in [1.54, 1.807) is 30.1 Å². The van der Waals surface area contributed by atoms with Crippen LogP contribution in [0.3, 0.4) is 0 Å². The summed E-state index contributed by atoms with van der Waals surface area (Å²) in [6, 6.07) is 9.12. The number of aromatic nitrogens is 2. The second kappa shape index (κ2) is 6.06. The van der Waals surface area contributed by atoms with E-state index in [1.807, 2.05) is 25.2 Å². The van der Waals surface area contributed by atoms with E-state index in [2.05, 4.69) is 15.1 Å². The van der Waals surface area contributed by atoms with E-state index in [1.165, 1.54) is 0 Å². The van der Waals surface area contributed by atoms with Crippen LogP contribution in [0.25, 0.3) is 0 Å². The van der Waals surface area contributed by atoms with Crippen molar-refractivity contribution in [2.75, 3.05) is 11.8 Å². The second-order valence-corrected chi connectivity index (χ2v) is 6.31. The molecule has 20 heavy (non-hydrogen) atoms. The summed E-state index contributed by atoms with van der Waals surface area (Å²) in [6.45, 7) is 0.710. The molecular weight excluding hydrogens is 276 g/mol. The average Bonchev–Trinajstić information content (AvgIpc) is 2.74. The fourth-order valence-electron chi connectivity index (χ4n) is 1.92. The lowest BCUT2D eigenvalue weighted by Gasteiger charge is -2.07. The van der Waals surface area contributed by atoms with Gasteiger partial charge in [0.1, 0.15) is 0 Å². The average molecular weight is 294 g/mol. The van der Waals surface area contributed by atoms with Crippen LogP contribution in [0.1, 0.15) is 11.1 Å². The third-order valence-corrected chi connectivity index (χ3v) is 3.94. The van der Waals surface area contributed by atoms with Gasteiger partial charge in [-0.2, -0.15) is 5.10 Å². The Morgan fingerprint density at radius 1 is 1.25 bits per heavy atom. The first kappa shape index (κ1) is 14.5. The molecule has 0 fully saturated rings. The van der Waals surface area contributed by atoms with Crippen LogP contribution in [0.4, 0.5) is 5.82 Å². The molecule has 2 aromatic rings. The number of sulfonamides is 1. The number of nitrogens with one attached hydrogen (secondary N) is 2. The third-order valence-electron chi connectivity index (χ3n) is 2.70. The molecule has 7 heteroatoms. The predicted molar refractivity (Wildman–Crippen MR) is 78.7 cm³/mol. The fraction of sp³-hybridized carbons (Fsp3) is 0.308. The SMILES string of the molecule is CNCc1cccc(CS(=O)(=O)Nc2ccn(C)n2)c1. The van der Waals surface area contributed by atoms with Crippen molar-refractivity contribution in [1.29, 1.82) is 0 Å². The maximum absolute atomic E-state index is 12.1. The van der Waals surface area contributed by atoms with Gasteiger partial charge in [0.15, 0.2) is 5.82 Å². The van der Waals surface area contributed by atoms with Crippen molar-refractivity contribution in [3.05, 3.63) is 47.7 Å². The first-order valence-electron chi connectivity index (χ1n) is 6.21. The molecule has 1 aromatic heterocycles. The lowest BCUT2D eigenvalue weighted by molar-refractivity contribution is 0.600. The smallest absolute Gasteiger partial charge is 0.238 e. The van der Waals surface area contributed by atoms with Crippen molar-refractivity contribution < 1.29 is 8.42 Å². The van der Waals surface area contributed by atoms with Gasteiger partial charge in [0.05, 0.1) is 5.75 Å². The van der Waals surface area contributed by atoms with E-state index >= 15 is 0 Å². The zero-order valence-corrected chi connectivity index (χ0v) is 12.3. The van der Waals surface area contributed by atoms with E-state index in [0.717, 1.165) is 11.1 Å². The number of nitrogens with zero attached hydrogens (tertiary/aromatic N) is 2. The predicted octanol–water partition coefficient (Wildman–Crippen LogP) is 1.08. The van der Waals surface area contributed by atoms with Gasteiger partial charge in [0.25, 0.3) is 0 Å². The van der Waals surface area contributed by atoms with Crippen LogP contribution in [-0.4, -0.2) is 25.2 Å². The molecule has 0 spiro atoms. The van der Waals surface area contributed by atoms with E-state index in [0.29, 0.717) is 12.4 Å². The van der Waals surface area contributed by atoms with Crippen molar-refractivity contribution in [3.8, 4) is 0 Å². The van der Waals surface area contributed by atoms with Gasteiger partial charge >= 0.3 is 0 Å². The van der Waals surface area contributed by atoms with Crippen LogP contribution >= 0.6 is 0 Å². The zero-order chi connectivity index (χ0) is 14.6. The molecule has 6 nitrogen and oxygen atoms in total. The molecule has 2 rings (SSSR count). The molecule has 0 unspecified atom stereocenters. The van der Waals surface area contributed by atoms with Crippen molar-refractivity contribution >= 4 is 15.8 Å². The van der Waals surface area contributed by atoms with E-state index in [9.17, 15) is 8.42 Å². The summed E-state index contributed by atoms with van der Waals surface area (Å²) in [7, 11) is 0.136. The van der Waals surface area contributed by atoms with Gasteiger partial charge in [0, 0.05) is 25.9 Å². The van der Waals surface area contributed by atoms with Crippen LogP contribution in [0, 0.1) is 0 Å². The molecule has 0 atom stereocenters. The van der Waals surface area contributed by atoms with Crippen molar-refractivity contribution in [3.63, 3.8) is 0 Å². The Balaban J connectivity index is 2.09. The zero-order valence-electron chi connectivity index (χ0n) is 11.5. The first-order chi connectivity index (χ1) is 9.48. The first-order valence-corrected chi connectivity index (χ1v) is 7.86. The number of benzene rings is 1. The third kappa shape index (κ3) is 4.07. The highest BCUT2D eigenvalue weighted by Crippen LogP contribution is 2.12. The fourth-order valence-corrected chi connectivity index (χ4v) is 3.04. The number of anilines is 1. The normalized spacial score (nSPS) is 11.5. The summed E-state index contributed by atoms with van der Waals surface area (Å²) in [4.78, 5) is 0. The molecule has 0 aliphatic carbocycles. The van der Waals surface area contributed by atoms with E-state index in [4.69, 9.17) is 0 Å². The Kier molecular flexibility index (Phi) is 4.41. The van der Waals surface area contributed by atoms with E-state index in [-0.39, 0.29) is 5.75 Å². The Labute approximate surface area is 118 Å². The minimum atomic E-state index is -3.45. The molecule has 0 bridgehead atoms. The second-order valence-electron chi connectivity index (χ2n) is 4.59. The number of rotatable bonds is 6. The summed E-state index contributed by atoms with van der Waals surface area (Å²) >= 11 is 0. The minimum Gasteiger partial charge on any atom is -0.316 e. The van der Waals surface area contributed by atoms with Crippen molar-refractivity contribution in [2.45, 2.75) is 12.3 Å².